The van der Waals surface area contributed by atoms with Crippen LogP contribution in [0.25, 0.3) is 0 Å². The van der Waals surface area contributed by atoms with Crippen LogP contribution in [-0.2, 0) is 0 Å². The largest absolute Gasteiger partial charge is 0.324 e. The Morgan fingerprint density at radius 3 is 2.77 bits per heavy atom. The summed E-state index contributed by atoms with van der Waals surface area (Å²) in [4.78, 5) is 0. The number of hydrogen-bond donors (Lipinski definition) is 1. The average molecular weight is 196 g/mol. The van der Waals surface area contributed by atoms with Crippen molar-refractivity contribution >= 4 is 11.6 Å². The van der Waals surface area contributed by atoms with Crippen molar-refractivity contribution in [2.75, 3.05) is 0 Å². The second kappa shape index (κ2) is 3.32. The molecular weight excluding hydrogens is 182 g/mol. The Morgan fingerprint density at radius 1 is 1.46 bits per heavy atom. The Hall–Kier alpha value is -0.530. The molecule has 2 rings (SSSR count). The van der Waals surface area contributed by atoms with E-state index in [1.54, 1.807) is 0 Å². The highest BCUT2D eigenvalue weighted by Crippen LogP contribution is 2.41. The van der Waals surface area contributed by atoms with Crippen molar-refractivity contribution in [3.63, 3.8) is 0 Å². The highest BCUT2D eigenvalue weighted by Gasteiger charge is 2.30. The molecule has 1 aromatic carbocycles. The second-order valence-corrected chi connectivity index (χ2v) is 4.30. The van der Waals surface area contributed by atoms with E-state index >= 15 is 0 Å². The summed E-state index contributed by atoms with van der Waals surface area (Å²) < 4.78 is 0. The SMILES string of the molecule is Cc1ccc(Cl)c([C@H](N)C2CC2)c1. The van der Waals surface area contributed by atoms with E-state index < -0.39 is 0 Å². The third kappa shape index (κ3) is 1.87. The van der Waals surface area contributed by atoms with E-state index in [9.17, 15) is 0 Å². The molecule has 0 saturated heterocycles. The van der Waals surface area contributed by atoms with Crippen LogP contribution in [0, 0.1) is 12.8 Å². The Morgan fingerprint density at radius 2 is 2.15 bits per heavy atom. The zero-order chi connectivity index (χ0) is 9.42. The molecule has 1 fully saturated rings. The molecule has 0 bridgehead atoms. The minimum Gasteiger partial charge on any atom is -0.324 e. The Bertz CT molecular complexity index is 318. The number of benzene rings is 1. The zero-order valence-corrected chi connectivity index (χ0v) is 8.51. The molecule has 2 N–H and O–H groups in total. The molecular formula is C11H14ClN. The van der Waals surface area contributed by atoms with Gasteiger partial charge in [-0.2, -0.15) is 0 Å². The third-order valence-electron chi connectivity index (χ3n) is 2.64. The van der Waals surface area contributed by atoms with Gasteiger partial charge >= 0.3 is 0 Å². The molecule has 0 amide bonds. The Labute approximate surface area is 83.9 Å². The lowest BCUT2D eigenvalue weighted by molar-refractivity contribution is 0.633. The summed E-state index contributed by atoms with van der Waals surface area (Å²) in [7, 11) is 0. The highest BCUT2D eigenvalue weighted by molar-refractivity contribution is 6.31. The maximum Gasteiger partial charge on any atom is 0.0454 e. The Kier molecular flexibility index (Phi) is 2.31. The monoisotopic (exact) mass is 195 g/mol. The summed E-state index contributed by atoms with van der Waals surface area (Å²) >= 11 is 6.08. The fourth-order valence-corrected chi connectivity index (χ4v) is 1.87. The predicted molar refractivity (Wildman–Crippen MR) is 55.8 cm³/mol. The molecule has 1 nitrogen and oxygen atoms in total. The van der Waals surface area contributed by atoms with Gasteiger partial charge in [-0.15, -0.1) is 0 Å². The maximum absolute atomic E-state index is 6.09. The van der Waals surface area contributed by atoms with Crippen molar-refractivity contribution in [2.24, 2.45) is 11.7 Å². The quantitative estimate of drug-likeness (QED) is 0.772. The summed E-state index contributed by atoms with van der Waals surface area (Å²) in [6, 6.07) is 6.21. The second-order valence-electron chi connectivity index (χ2n) is 3.89. The van der Waals surface area contributed by atoms with Gasteiger partial charge in [0.2, 0.25) is 0 Å². The highest BCUT2D eigenvalue weighted by atomic mass is 35.5. The van der Waals surface area contributed by atoms with Crippen LogP contribution in [0.2, 0.25) is 5.02 Å². The minimum atomic E-state index is 0.146. The van der Waals surface area contributed by atoms with Crippen LogP contribution in [0.1, 0.15) is 30.0 Å². The Balaban J connectivity index is 2.31. The fraction of sp³-hybridized carbons (Fsp3) is 0.455. The molecule has 0 aromatic heterocycles. The summed E-state index contributed by atoms with van der Waals surface area (Å²) in [5.74, 6) is 0.666. The van der Waals surface area contributed by atoms with Crippen molar-refractivity contribution in [3.05, 3.63) is 34.3 Å². The lowest BCUT2D eigenvalue weighted by atomic mass is 10.0. The lowest BCUT2D eigenvalue weighted by Gasteiger charge is -2.13. The fourth-order valence-electron chi connectivity index (χ4n) is 1.63. The van der Waals surface area contributed by atoms with E-state index in [-0.39, 0.29) is 6.04 Å². The summed E-state index contributed by atoms with van der Waals surface area (Å²) in [5, 5.41) is 0.810. The van der Waals surface area contributed by atoms with Crippen LogP contribution >= 0.6 is 11.6 Å². The third-order valence-corrected chi connectivity index (χ3v) is 2.98. The zero-order valence-electron chi connectivity index (χ0n) is 7.76. The van der Waals surface area contributed by atoms with E-state index in [0.29, 0.717) is 5.92 Å². The van der Waals surface area contributed by atoms with Gasteiger partial charge in [0.05, 0.1) is 0 Å². The molecule has 1 aromatic rings. The van der Waals surface area contributed by atoms with Crippen molar-refractivity contribution in [1.29, 1.82) is 0 Å². The summed E-state index contributed by atoms with van der Waals surface area (Å²) in [6.07, 6.45) is 2.51. The van der Waals surface area contributed by atoms with E-state index in [1.807, 2.05) is 12.1 Å². The molecule has 0 radical (unpaired) electrons. The first kappa shape index (κ1) is 9.04. The summed E-state index contributed by atoms with van der Waals surface area (Å²) in [5.41, 5.74) is 8.43. The molecule has 13 heavy (non-hydrogen) atoms. The number of nitrogens with two attached hydrogens (primary N) is 1. The van der Waals surface area contributed by atoms with Gasteiger partial charge in [-0.05, 0) is 37.3 Å². The van der Waals surface area contributed by atoms with E-state index in [2.05, 4.69) is 13.0 Å². The maximum atomic E-state index is 6.09. The van der Waals surface area contributed by atoms with Gasteiger partial charge in [-0.25, -0.2) is 0 Å². The van der Waals surface area contributed by atoms with Crippen LogP contribution in [0.5, 0.6) is 0 Å². The molecule has 0 heterocycles. The summed E-state index contributed by atoms with van der Waals surface area (Å²) in [6.45, 7) is 2.07. The van der Waals surface area contributed by atoms with Gasteiger partial charge in [-0.3, -0.25) is 0 Å². The molecule has 2 heteroatoms. The van der Waals surface area contributed by atoms with Gasteiger partial charge in [0, 0.05) is 11.1 Å². The van der Waals surface area contributed by atoms with Crippen molar-refractivity contribution in [2.45, 2.75) is 25.8 Å². The lowest BCUT2D eigenvalue weighted by Crippen LogP contribution is -2.12. The van der Waals surface area contributed by atoms with Crippen LogP contribution in [-0.4, -0.2) is 0 Å². The van der Waals surface area contributed by atoms with Crippen molar-refractivity contribution < 1.29 is 0 Å². The molecule has 1 aliphatic carbocycles. The van der Waals surface area contributed by atoms with Gasteiger partial charge in [0.25, 0.3) is 0 Å². The van der Waals surface area contributed by atoms with Crippen LogP contribution in [0.3, 0.4) is 0 Å². The molecule has 1 atom stereocenters. The molecule has 1 saturated carbocycles. The van der Waals surface area contributed by atoms with Gasteiger partial charge in [0.15, 0.2) is 0 Å². The first-order valence-corrected chi connectivity index (χ1v) is 5.08. The minimum absolute atomic E-state index is 0.146. The standard InChI is InChI=1S/C11H14ClN/c1-7-2-5-10(12)9(6-7)11(13)8-3-4-8/h2,5-6,8,11H,3-4,13H2,1H3/t11-/m1/s1. The molecule has 0 unspecified atom stereocenters. The van der Waals surface area contributed by atoms with Crippen LogP contribution < -0.4 is 5.73 Å². The number of aryl methyl sites for hydroxylation is 1. The van der Waals surface area contributed by atoms with Crippen LogP contribution in [0.4, 0.5) is 0 Å². The first-order valence-electron chi connectivity index (χ1n) is 4.70. The molecule has 0 spiro atoms. The van der Waals surface area contributed by atoms with E-state index in [1.165, 1.54) is 18.4 Å². The van der Waals surface area contributed by atoms with Crippen molar-refractivity contribution in [1.82, 2.24) is 0 Å². The number of rotatable bonds is 2. The smallest absolute Gasteiger partial charge is 0.0454 e. The normalized spacial score (nSPS) is 18.7. The van der Waals surface area contributed by atoms with E-state index in [4.69, 9.17) is 17.3 Å². The van der Waals surface area contributed by atoms with Gasteiger partial charge in [0.1, 0.15) is 0 Å². The van der Waals surface area contributed by atoms with Gasteiger partial charge in [-0.1, -0.05) is 29.3 Å². The van der Waals surface area contributed by atoms with E-state index in [0.717, 1.165) is 10.6 Å². The van der Waals surface area contributed by atoms with Crippen LogP contribution in [0.15, 0.2) is 18.2 Å². The average Bonchev–Trinajstić information content (AvgIpc) is 2.91. The molecule has 0 aliphatic heterocycles. The first-order chi connectivity index (χ1) is 6.18. The van der Waals surface area contributed by atoms with Gasteiger partial charge < -0.3 is 5.73 Å². The number of halogens is 1. The van der Waals surface area contributed by atoms with Crippen molar-refractivity contribution in [3.8, 4) is 0 Å². The molecule has 70 valence electrons. The topological polar surface area (TPSA) is 26.0 Å². The molecule has 1 aliphatic rings. The number of hydrogen-bond acceptors (Lipinski definition) is 1. The predicted octanol–water partition coefficient (Wildman–Crippen LogP) is 3.06.